The first-order valence-corrected chi connectivity index (χ1v) is 10.8. The van der Waals surface area contributed by atoms with Crippen molar-refractivity contribution in [2.45, 2.75) is 34.3 Å². The van der Waals surface area contributed by atoms with Crippen LogP contribution in [0, 0.1) is 11.6 Å². The normalized spacial score (nSPS) is 11.2. The highest BCUT2D eigenvalue weighted by Crippen LogP contribution is 2.32. The number of amides is 1. The van der Waals surface area contributed by atoms with Crippen LogP contribution >= 0.6 is 0 Å². The molecule has 0 radical (unpaired) electrons. The number of ether oxygens (including phenoxy) is 3. The van der Waals surface area contributed by atoms with Crippen molar-refractivity contribution in [2.75, 3.05) is 26.3 Å². The molecule has 0 heterocycles. The van der Waals surface area contributed by atoms with Crippen molar-refractivity contribution in [3.05, 3.63) is 65.2 Å². The topological polar surface area (TPSA) is 65.1 Å². The largest absolute Gasteiger partial charge is 0.485 e. The molecule has 8 heteroatoms. The zero-order valence-corrected chi connectivity index (χ0v) is 19.3. The Morgan fingerprint density at radius 1 is 0.970 bits per heavy atom. The fourth-order valence-electron chi connectivity index (χ4n) is 3.04. The van der Waals surface area contributed by atoms with Crippen molar-refractivity contribution in [2.24, 2.45) is 0 Å². The molecule has 0 spiro atoms. The zero-order valence-electron chi connectivity index (χ0n) is 19.3. The molecule has 1 amide bonds. The van der Waals surface area contributed by atoms with E-state index in [1.54, 1.807) is 36.9 Å². The molecule has 2 aromatic carbocycles. The summed E-state index contributed by atoms with van der Waals surface area (Å²) in [6.07, 6.45) is 1.52. The van der Waals surface area contributed by atoms with E-state index in [-0.39, 0.29) is 42.8 Å². The number of allylic oxidation sites excluding steroid dienone is 1. The lowest BCUT2D eigenvalue weighted by atomic mass is 10.1. The second kappa shape index (κ2) is 12.6. The molecular formula is C25H29F2NO5. The van der Waals surface area contributed by atoms with Gasteiger partial charge in [-0.25, -0.2) is 13.6 Å². The number of esters is 1. The quantitative estimate of drug-likeness (QED) is 0.357. The molecule has 0 fully saturated rings. The first-order valence-electron chi connectivity index (χ1n) is 10.8. The van der Waals surface area contributed by atoms with Crippen LogP contribution in [-0.4, -0.2) is 43.1 Å². The number of rotatable bonds is 11. The van der Waals surface area contributed by atoms with Gasteiger partial charge in [-0.3, -0.25) is 4.79 Å². The van der Waals surface area contributed by atoms with E-state index < -0.39 is 17.6 Å². The molecule has 178 valence electrons. The molecule has 0 N–H and O–H groups in total. The van der Waals surface area contributed by atoms with Crippen molar-refractivity contribution in [3.63, 3.8) is 0 Å². The summed E-state index contributed by atoms with van der Waals surface area (Å²) in [5, 5.41) is 0. The second-order valence-electron chi connectivity index (χ2n) is 7.08. The van der Waals surface area contributed by atoms with Gasteiger partial charge in [0.2, 0.25) is 5.91 Å². The third-order valence-electron chi connectivity index (χ3n) is 4.90. The molecule has 0 saturated carbocycles. The minimum absolute atomic E-state index is 0.123. The lowest BCUT2D eigenvalue weighted by molar-refractivity contribution is -0.145. The third kappa shape index (κ3) is 7.30. The van der Waals surface area contributed by atoms with Crippen molar-refractivity contribution in [1.29, 1.82) is 0 Å². The van der Waals surface area contributed by atoms with E-state index in [2.05, 4.69) is 0 Å². The Kier molecular flexibility index (Phi) is 9.84. The minimum Gasteiger partial charge on any atom is -0.485 e. The van der Waals surface area contributed by atoms with Gasteiger partial charge in [0.25, 0.3) is 0 Å². The highest BCUT2D eigenvalue weighted by atomic mass is 19.1. The van der Waals surface area contributed by atoms with Crippen LogP contribution in [0.3, 0.4) is 0 Å². The minimum atomic E-state index is -0.727. The average Bonchev–Trinajstić information content (AvgIpc) is 2.78. The molecule has 0 aliphatic heterocycles. The summed E-state index contributed by atoms with van der Waals surface area (Å²) < 4.78 is 44.0. The fourth-order valence-corrected chi connectivity index (χ4v) is 3.04. The molecule has 0 bridgehead atoms. The predicted molar refractivity (Wildman–Crippen MR) is 121 cm³/mol. The van der Waals surface area contributed by atoms with Crippen molar-refractivity contribution in [1.82, 2.24) is 4.90 Å². The lowest BCUT2D eigenvalue weighted by Crippen LogP contribution is -2.28. The van der Waals surface area contributed by atoms with Crippen molar-refractivity contribution >= 4 is 17.4 Å². The van der Waals surface area contributed by atoms with Crippen LogP contribution in [0.1, 0.15) is 38.8 Å². The predicted octanol–water partition coefficient (Wildman–Crippen LogP) is 4.76. The maximum atomic E-state index is 14.0. The number of carbonyl (C=O) groups is 2. The van der Waals surface area contributed by atoms with Crippen molar-refractivity contribution in [3.8, 4) is 11.5 Å². The lowest BCUT2D eigenvalue weighted by Gasteiger charge is -2.17. The Morgan fingerprint density at radius 2 is 1.64 bits per heavy atom. The SMILES string of the molecule is CCOC(=O)COc1cc(C(C)=CC(=O)N(CC)CC)ccc1OCc1c(F)cccc1F. The molecule has 6 nitrogen and oxygen atoms in total. The van der Waals surface area contributed by atoms with E-state index in [0.717, 1.165) is 12.1 Å². The van der Waals surface area contributed by atoms with E-state index in [1.807, 2.05) is 13.8 Å². The van der Waals surface area contributed by atoms with Gasteiger partial charge >= 0.3 is 5.97 Å². The number of likely N-dealkylation sites (N-methyl/N-ethyl adjacent to an activating group) is 1. The number of hydrogen-bond acceptors (Lipinski definition) is 5. The summed E-state index contributed by atoms with van der Waals surface area (Å²) in [6, 6.07) is 8.42. The van der Waals surface area contributed by atoms with Crippen molar-refractivity contribution < 1.29 is 32.6 Å². The molecule has 33 heavy (non-hydrogen) atoms. The van der Waals surface area contributed by atoms with Gasteiger partial charge in [0.05, 0.1) is 12.2 Å². The fraction of sp³-hybridized carbons (Fsp3) is 0.360. The number of benzene rings is 2. The van der Waals surface area contributed by atoms with Gasteiger partial charge in [-0.15, -0.1) is 0 Å². The summed E-state index contributed by atoms with van der Waals surface area (Å²) in [6.45, 7) is 7.89. The van der Waals surface area contributed by atoms with Gasteiger partial charge in [0.1, 0.15) is 18.2 Å². The Balaban J connectivity index is 2.31. The van der Waals surface area contributed by atoms with E-state index in [9.17, 15) is 18.4 Å². The smallest absolute Gasteiger partial charge is 0.344 e. The van der Waals surface area contributed by atoms with E-state index in [4.69, 9.17) is 14.2 Å². The van der Waals surface area contributed by atoms with Crippen LogP contribution < -0.4 is 9.47 Å². The van der Waals surface area contributed by atoms with Crippen LogP contribution in [0.5, 0.6) is 11.5 Å². The van der Waals surface area contributed by atoms with Gasteiger partial charge in [-0.2, -0.15) is 0 Å². The van der Waals surface area contributed by atoms with Crippen LogP contribution in [0.25, 0.3) is 5.57 Å². The van der Waals surface area contributed by atoms with Crippen LogP contribution in [-0.2, 0) is 20.9 Å². The Hall–Kier alpha value is -3.42. The maximum absolute atomic E-state index is 14.0. The maximum Gasteiger partial charge on any atom is 0.344 e. The molecule has 0 saturated heterocycles. The highest BCUT2D eigenvalue weighted by Gasteiger charge is 2.15. The first-order chi connectivity index (χ1) is 15.8. The van der Waals surface area contributed by atoms with Crippen LogP contribution in [0.15, 0.2) is 42.5 Å². The third-order valence-corrected chi connectivity index (χ3v) is 4.90. The molecule has 2 aromatic rings. The zero-order chi connectivity index (χ0) is 24.4. The molecular weight excluding hydrogens is 432 g/mol. The van der Waals surface area contributed by atoms with Gasteiger partial charge in [-0.1, -0.05) is 12.1 Å². The van der Waals surface area contributed by atoms with E-state index in [0.29, 0.717) is 24.2 Å². The molecule has 2 rings (SSSR count). The summed E-state index contributed by atoms with van der Waals surface area (Å²) in [5.41, 5.74) is 1.12. The van der Waals surface area contributed by atoms with Gasteiger partial charge in [0, 0.05) is 19.2 Å². The molecule has 0 aliphatic carbocycles. The van der Waals surface area contributed by atoms with Gasteiger partial charge in [-0.05, 0) is 63.1 Å². The molecule has 0 unspecified atom stereocenters. The van der Waals surface area contributed by atoms with E-state index >= 15 is 0 Å². The van der Waals surface area contributed by atoms with Gasteiger partial charge < -0.3 is 19.1 Å². The summed E-state index contributed by atoms with van der Waals surface area (Å²) >= 11 is 0. The average molecular weight is 462 g/mol. The molecule has 0 aromatic heterocycles. The number of nitrogens with zero attached hydrogens (tertiary/aromatic N) is 1. The van der Waals surface area contributed by atoms with Gasteiger partial charge in [0.15, 0.2) is 18.1 Å². The first kappa shape index (κ1) is 25.8. The Morgan fingerprint density at radius 3 is 2.24 bits per heavy atom. The standard InChI is InChI=1S/C25H29F2NO5/c1-5-28(6-2)24(29)13-17(4)18-11-12-22(23(14-18)33-16-25(30)31-7-3)32-15-19-20(26)9-8-10-21(19)27/h8-14H,5-7,15-16H2,1-4H3. The Labute approximate surface area is 192 Å². The Bertz CT molecular complexity index is 982. The monoisotopic (exact) mass is 461 g/mol. The molecule has 0 aliphatic rings. The summed E-state index contributed by atoms with van der Waals surface area (Å²) in [5.74, 6) is -1.78. The van der Waals surface area contributed by atoms with E-state index in [1.165, 1.54) is 12.1 Å². The van der Waals surface area contributed by atoms with Crippen LogP contribution in [0.2, 0.25) is 0 Å². The number of halogens is 2. The highest BCUT2D eigenvalue weighted by molar-refractivity contribution is 5.95. The summed E-state index contributed by atoms with van der Waals surface area (Å²) in [7, 11) is 0. The second-order valence-corrected chi connectivity index (χ2v) is 7.08. The number of hydrogen-bond donors (Lipinski definition) is 0. The number of carbonyl (C=O) groups excluding carboxylic acids is 2. The van der Waals surface area contributed by atoms with Crippen LogP contribution in [0.4, 0.5) is 8.78 Å². The molecule has 0 atom stereocenters. The summed E-state index contributed by atoms with van der Waals surface area (Å²) in [4.78, 5) is 25.8.